The zero-order chi connectivity index (χ0) is 21.5. The number of terminal acetylenes is 1. The molecular formula is C28H18N4. The Kier molecular flexibility index (Phi) is 4.12. The normalized spacial score (nSPS) is 12.1. The average molecular weight is 410 g/mol. The predicted octanol–water partition coefficient (Wildman–Crippen LogP) is 6.30. The highest BCUT2D eigenvalue weighted by atomic mass is 14.8. The van der Waals surface area contributed by atoms with Crippen molar-refractivity contribution in [3.63, 3.8) is 0 Å². The van der Waals surface area contributed by atoms with Crippen LogP contribution < -0.4 is 0 Å². The fourth-order valence-electron chi connectivity index (χ4n) is 4.13. The van der Waals surface area contributed by atoms with Crippen LogP contribution in [-0.4, -0.2) is 19.9 Å². The van der Waals surface area contributed by atoms with Gasteiger partial charge in [0.2, 0.25) is 0 Å². The predicted molar refractivity (Wildman–Crippen MR) is 132 cm³/mol. The minimum absolute atomic E-state index is 0.826. The first-order chi connectivity index (χ1) is 15.7. The Morgan fingerprint density at radius 3 is 1.94 bits per heavy atom. The molecule has 0 unspecified atom stereocenters. The number of nitrogens with zero attached hydrogens (tertiary/aromatic N) is 2. The van der Waals surface area contributed by atoms with E-state index in [1.807, 2.05) is 78.9 Å². The van der Waals surface area contributed by atoms with Crippen LogP contribution in [0.25, 0.3) is 57.5 Å². The highest BCUT2D eigenvalue weighted by Gasteiger charge is 2.12. The molecule has 0 atom stereocenters. The van der Waals surface area contributed by atoms with E-state index in [1.165, 1.54) is 0 Å². The van der Waals surface area contributed by atoms with E-state index in [9.17, 15) is 0 Å². The molecule has 3 aromatic heterocycles. The lowest BCUT2D eigenvalue weighted by Gasteiger charge is -2.00. The van der Waals surface area contributed by atoms with Crippen molar-refractivity contribution < 1.29 is 0 Å². The van der Waals surface area contributed by atoms with Crippen LogP contribution in [0, 0.1) is 12.3 Å². The van der Waals surface area contributed by atoms with E-state index in [1.54, 1.807) is 0 Å². The molecule has 2 aliphatic rings. The molecule has 2 aliphatic heterocycles. The minimum Gasteiger partial charge on any atom is -0.355 e. The molecule has 8 bridgehead atoms. The van der Waals surface area contributed by atoms with Crippen LogP contribution in [-0.2, 0) is 0 Å². The summed E-state index contributed by atoms with van der Waals surface area (Å²) in [5.41, 5.74) is 10.1. The van der Waals surface area contributed by atoms with Crippen molar-refractivity contribution in [1.82, 2.24) is 19.9 Å². The summed E-state index contributed by atoms with van der Waals surface area (Å²) < 4.78 is 0. The lowest BCUT2D eigenvalue weighted by molar-refractivity contribution is 1.28. The van der Waals surface area contributed by atoms with Crippen LogP contribution in [0.3, 0.4) is 0 Å². The number of H-pyrrole nitrogens is 2. The molecule has 0 aliphatic carbocycles. The summed E-state index contributed by atoms with van der Waals surface area (Å²) in [4.78, 5) is 16.4. The Morgan fingerprint density at radius 2 is 1.25 bits per heavy atom. The third-order valence-corrected chi connectivity index (χ3v) is 5.55. The van der Waals surface area contributed by atoms with Crippen molar-refractivity contribution in [1.29, 1.82) is 0 Å². The number of hydrogen-bond acceptors (Lipinski definition) is 2. The first-order valence-electron chi connectivity index (χ1n) is 10.4. The van der Waals surface area contributed by atoms with E-state index >= 15 is 0 Å². The molecule has 4 heteroatoms. The van der Waals surface area contributed by atoms with Gasteiger partial charge >= 0.3 is 0 Å². The number of rotatable bonds is 1. The average Bonchev–Trinajstić information content (AvgIpc) is 3.58. The first-order valence-corrected chi connectivity index (χ1v) is 10.4. The molecular weight excluding hydrogens is 392 g/mol. The maximum Gasteiger partial charge on any atom is 0.0659 e. The quantitative estimate of drug-likeness (QED) is 0.312. The van der Waals surface area contributed by atoms with Crippen LogP contribution >= 0.6 is 0 Å². The van der Waals surface area contributed by atoms with Gasteiger partial charge in [0, 0.05) is 22.1 Å². The van der Waals surface area contributed by atoms with Crippen LogP contribution in [0.15, 0.2) is 66.7 Å². The maximum atomic E-state index is 6.01. The van der Waals surface area contributed by atoms with Gasteiger partial charge in [-0.2, -0.15) is 0 Å². The van der Waals surface area contributed by atoms with Gasteiger partial charge in [-0.1, -0.05) is 36.3 Å². The van der Waals surface area contributed by atoms with E-state index in [4.69, 9.17) is 11.4 Å². The molecule has 0 spiro atoms. The number of aromatic nitrogens is 4. The second-order valence-electron chi connectivity index (χ2n) is 7.75. The second-order valence-corrected chi connectivity index (χ2v) is 7.75. The molecule has 4 aromatic rings. The Morgan fingerprint density at radius 1 is 0.625 bits per heavy atom. The third kappa shape index (κ3) is 3.23. The fraction of sp³-hybridized carbons (Fsp3) is 0. The molecule has 0 amide bonds. The zero-order valence-corrected chi connectivity index (χ0v) is 17.1. The molecule has 6 rings (SSSR count). The Bertz CT molecular complexity index is 1620. The van der Waals surface area contributed by atoms with E-state index in [0.717, 1.165) is 61.5 Å². The number of aromatic amines is 2. The van der Waals surface area contributed by atoms with Crippen LogP contribution in [0.4, 0.5) is 0 Å². The van der Waals surface area contributed by atoms with Crippen molar-refractivity contribution >= 4 is 46.4 Å². The SMILES string of the molecule is C#Cc1c(-c2ccccc2)c2cc3nc(cc4nc(cc5ccc(cc1[nH]2)[nH]5)C=C4)C=C3. The largest absolute Gasteiger partial charge is 0.355 e. The Labute approximate surface area is 185 Å². The van der Waals surface area contributed by atoms with Crippen molar-refractivity contribution in [2.45, 2.75) is 0 Å². The minimum atomic E-state index is 0.826. The zero-order valence-electron chi connectivity index (χ0n) is 17.1. The van der Waals surface area contributed by atoms with Gasteiger partial charge in [0.05, 0.1) is 33.9 Å². The van der Waals surface area contributed by atoms with Crippen molar-refractivity contribution in [3.8, 4) is 23.5 Å². The van der Waals surface area contributed by atoms with Gasteiger partial charge in [0.25, 0.3) is 0 Å². The van der Waals surface area contributed by atoms with Crippen molar-refractivity contribution in [3.05, 3.63) is 95.1 Å². The fourth-order valence-corrected chi connectivity index (χ4v) is 4.13. The summed E-state index contributed by atoms with van der Waals surface area (Å²) >= 11 is 0. The molecule has 0 fully saturated rings. The van der Waals surface area contributed by atoms with Gasteiger partial charge in [0.1, 0.15) is 0 Å². The summed E-state index contributed by atoms with van der Waals surface area (Å²) in [6.07, 6.45) is 14.0. The molecule has 0 saturated heterocycles. The highest BCUT2D eigenvalue weighted by molar-refractivity contribution is 5.94. The molecule has 4 nitrogen and oxygen atoms in total. The Hall–Kier alpha value is -4.62. The smallest absolute Gasteiger partial charge is 0.0659 e. The van der Waals surface area contributed by atoms with Crippen molar-refractivity contribution in [2.24, 2.45) is 0 Å². The van der Waals surface area contributed by atoms with E-state index in [0.29, 0.717) is 0 Å². The maximum absolute atomic E-state index is 6.01. The first kappa shape index (κ1) is 18.2. The molecule has 1 aromatic carbocycles. The van der Waals surface area contributed by atoms with Gasteiger partial charge in [-0.15, -0.1) is 6.42 Å². The summed E-state index contributed by atoms with van der Waals surface area (Å²) in [6.45, 7) is 0. The molecule has 32 heavy (non-hydrogen) atoms. The van der Waals surface area contributed by atoms with Gasteiger partial charge in [-0.3, -0.25) is 0 Å². The number of nitrogens with one attached hydrogen (secondary N) is 2. The molecule has 0 saturated carbocycles. The lowest BCUT2D eigenvalue weighted by atomic mass is 10.0. The monoisotopic (exact) mass is 410 g/mol. The highest BCUT2D eigenvalue weighted by Crippen LogP contribution is 2.32. The molecule has 0 radical (unpaired) electrons. The number of benzene rings is 1. The van der Waals surface area contributed by atoms with Gasteiger partial charge < -0.3 is 9.97 Å². The van der Waals surface area contributed by atoms with E-state index in [2.05, 4.69) is 33.0 Å². The van der Waals surface area contributed by atoms with E-state index < -0.39 is 0 Å². The molecule has 5 heterocycles. The molecule has 150 valence electrons. The van der Waals surface area contributed by atoms with Crippen LogP contribution in [0.2, 0.25) is 0 Å². The van der Waals surface area contributed by atoms with Crippen LogP contribution in [0.5, 0.6) is 0 Å². The number of fused-ring (bicyclic) bond motifs is 8. The van der Waals surface area contributed by atoms with Crippen molar-refractivity contribution in [2.75, 3.05) is 0 Å². The lowest BCUT2D eigenvalue weighted by Crippen LogP contribution is -1.80. The standard InChI is InChI=1S/C28H18N4/c1-2-25-26-16-23-12-10-21(30-23)14-19-8-9-20(29-19)15-22-11-13-24(31-22)17-27(32-26)28(25)18-6-4-3-5-7-18/h1,3-17,30,32H. The number of hydrogen-bond donors (Lipinski definition) is 2. The topological polar surface area (TPSA) is 57.4 Å². The van der Waals surface area contributed by atoms with E-state index in [-0.39, 0.29) is 0 Å². The summed E-state index contributed by atoms with van der Waals surface area (Å²) in [5.74, 6) is 2.91. The Balaban J connectivity index is 1.75. The summed E-state index contributed by atoms with van der Waals surface area (Å²) in [6, 6.07) is 22.4. The summed E-state index contributed by atoms with van der Waals surface area (Å²) in [7, 11) is 0. The third-order valence-electron chi connectivity index (χ3n) is 5.55. The summed E-state index contributed by atoms with van der Waals surface area (Å²) in [5, 5.41) is 0. The van der Waals surface area contributed by atoms with Crippen LogP contribution in [0.1, 0.15) is 28.3 Å². The second kappa shape index (κ2) is 7.26. The van der Waals surface area contributed by atoms with Gasteiger partial charge in [0.15, 0.2) is 0 Å². The van der Waals surface area contributed by atoms with Gasteiger partial charge in [-0.05, 0) is 66.3 Å². The molecule has 2 N–H and O–H groups in total. The van der Waals surface area contributed by atoms with Gasteiger partial charge in [-0.25, -0.2) is 9.97 Å².